The first-order valence-corrected chi connectivity index (χ1v) is 7.02. The highest BCUT2D eigenvalue weighted by molar-refractivity contribution is 5.90. The smallest absolute Gasteiger partial charge is 0.293 e. The maximum absolute atomic E-state index is 12.5. The summed E-state index contributed by atoms with van der Waals surface area (Å²) in [5, 5.41) is 6.92. The fraction of sp³-hybridized carbons (Fsp3) is 0.786. The zero-order valence-corrected chi connectivity index (χ0v) is 13.0. The van der Waals surface area contributed by atoms with E-state index in [-0.39, 0.29) is 22.7 Å². The summed E-state index contributed by atoms with van der Waals surface area (Å²) in [6.45, 7) is 9.45. The van der Waals surface area contributed by atoms with Crippen molar-refractivity contribution in [2.45, 2.75) is 51.6 Å². The highest BCUT2D eigenvalue weighted by atomic mass is 16.5. The Labute approximate surface area is 119 Å². The molecule has 2 rings (SSSR count). The molecule has 6 nitrogen and oxygen atoms in total. The third kappa shape index (κ3) is 3.00. The minimum absolute atomic E-state index is 0.125. The van der Waals surface area contributed by atoms with Gasteiger partial charge in [-0.05, 0) is 19.8 Å². The van der Waals surface area contributed by atoms with Gasteiger partial charge in [0, 0.05) is 25.6 Å². The molecule has 2 heterocycles. The van der Waals surface area contributed by atoms with Gasteiger partial charge < -0.3 is 9.64 Å². The summed E-state index contributed by atoms with van der Waals surface area (Å²) in [6.07, 6.45) is 1.90. The molecule has 0 saturated carbocycles. The van der Waals surface area contributed by atoms with Crippen molar-refractivity contribution >= 4 is 5.91 Å². The van der Waals surface area contributed by atoms with Crippen molar-refractivity contribution in [3.8, 4) is 0 Å². The molecule has 0 bridgehead atoms. The summed E-state index contributed by atoms with van der Waals surface area (Å²) in [4.78, 5) is 18.6. The molecule has 0 radical (unpaired) electrons. The zero-order chi connectivity index (χ0) is 15.0. The number of carbonyl (C=O) groups excluding carboxylic acids is 1. The number of ether oxygens (including phenoxy) is 1. The van der Waals surface area contributed by atoms with Crippen LogP contribution in [0.2, 0.25) is 0 Å². The number of nitrogens with zero attached hydrogens (tertiary/aromatic N) is 3. The predicted octanol–water partition coefficient (Wildman–Crippen LogP) is 1.74. The second-order valence-electron chi connectivity index (χ2n) is 6.74. The van der Waals surface area contributed by atoms with Crippen molar-refractivity contribution in [2.75, 3.05) is 20.2 Å². The average Bonchev–Trinajstić information content (AvgIpc) is 2.87. The van der Waals surface area contributed by atoms with Crippen molar-refractivity contribution in [3.05, 3.63) is 11.6 Å². The second-order valence-corrected chi connectivity index (χ2v) is 6.74. The number of amides is 1. The predicted molar refractivity (Wildman–Crippen MR) is 75.6 cm³/mol. The molecule has 1 aliphatic heterocycles. The van der Waals surface area contributed by atoms with Crippen molar-refractivity contribution in [2.24, 2.45) is 0 Å². The number of rotatable bonds is 2. The van der Waals surface area contributed by atoms with E-state index in [4.69, 9.17) is 4.74 Å². The van der Waals surface area contributed by atoms with E-state index in [0.29, 0.717) is 6.54 Å². The van der Waals surface area contributed by atoms with E-state index in [1.807, 2.05) is 27.7 Å². The summed E-state index contributed by atoms with van der Waals surface area (Å²) in [5.74, 6) is 0.849. The first-order chi connectivity index (χ1) is 9.25. The van der Waals surface area contributed by atoms with E-state index in [0.717, 1.165) is 25.2 Å². The van der Waals surface area contributed by atoms with Gasteiger partial charge in [0.2, 0.25) is 5.82 Å². The summed E-state index contributed by atoms with van der Waals surface area (Å²) in [5.41, 5.74) is -0.411. The summed E-state index contributed by atoms with van der Waals surface area (Å²) >= 11 is 0. The number of carbonyl (C=O) groups is 1. The third-order valence-electron chi connectivity index (χ3n) is 3.83. The van der Waals surface area contributed by atoms with Crippen LogP contribution in [-0.2, 0) is 10.2 Å². The number of aromatic amines is 1. The van der Waals surface area contributed by atoms with E-state index in [1.54, 1.807) is 12.0 Å². The molecule has 1 aromatic heterocycles. The van der Waals surface area contributed by atoms with Gasteiger partial charge in [-0.1, -0.05) is 20.8 Å². The summed E-state index contributed by atoms with van der Waals surface area (Å²) < 4.78 is 5.51. The van der Waals surface area contributed by atoms with Crippen molar-refractivity contribution in [3.63, 3.8) is 0 Å². The number of H-pyrrole nitrogens is 1. The zero-order valence-electron chi connectivity index (χ0n) is 13.0. The fourth-order valence-corrected chi connectivity index (χ4v) is 2.38. The molecule has 1 saturated heterocycles. The Balaban J connectivity index is 2.13. The van der Waals surface area contributed by atoms with Gasteiger partial charge in [-0.25, -0.2) is 4.98 Å². The van der Waals surface area contributed by atoms with Crippen LogP contribution in [0.3, 0.4) is 0 Å². The number of hydrogen-bond donors (Lipinski definition) is 1. The molecule has 6 heteroatoms. The number of hydrogen-bond acceptors (Lipinski definition) is 4. The van der Waals surface area contributed by atoms with Gasteiger partial charge in [-0.15, -0.1) is 5.10 Å². The quantitative estimate of drug-likeness (QED) is 0.895. The topological polar surface area (TPSA) is 71.1 Å². The Morgan fingerprint density at radius 3 is 2.70 bits per heavy atom. The van der Waals surface area contributed by atoms with Crippen LogP contribution in [0.15, 0.2) is 0 Å². The molecule has 0 spiro atoms. The number of aromatic nitrogens is 3. The largest absolute Gasteiger partial charge is 0.377 e. The second kappa shape index (κ2) is 5.16. The highest BCUT2D eigenvalue weighted by Crippen LogP contribution is 2.25. The Morgan fingerprint density at radius 1 is 1.45 bits per heavy atom. The Hall–Kier alpha value is -1.43. The van der Waals surface area contributed by atoms with E-state index >= 15 is 0 Å². The molecule has 1 aromatic rings. The molecule has 1 amide bonds. The first-order valence-electron chi connectivity index (χ1n) is 7.02. The van der Waals surface area contributed by atoms with Crippen LogP contribution in [-0.4, -0.2) is 51.8 Å². The molecular weight excluding hydrogens is 256 g/mol. The van der Waals surface area contributed by atoms with E-state index in [9.17, 15) is 4.79 Å². The normalized spacial score (nSPS) is 23.9. The Kier molecular flexibility index (Phi) is 3.86. The van der Waals surface area contributed by atoms with Crippen LogP contribution in [0.25, 0.3) is 0 Å². The molecule has 112 valence electrons. The van der Waals surface area contributed by atoms with Crippen LogP contribution >= 0.6 is 0 Å². The lowest BCUT2D eigenvalue weighted by Crippen LogP contribution is -2.49. The van der Waals surface area contributed by atoms with Crippen LogP contribution in [0.4, 0.5) is 0 Å². The van der Waals surface area contributed by atoms with E-state index in [2.05, 4.69) is 15.2 Å². The van der Waals surface area contributed by atoms with Gasteiger partial charge in [0.25, 0.3) is 5.91 Å². The Bertz CT molecular complexity index is 492. The highest BCUT2D eigenvalue weighted by Gasteiger charge is 2.34. The molecule has 1 aliphatic rings. The van der Waals surface area contributed by atoms with Crippen LogP contribution in [0.1, 0.15) is 57.0 Å². The molecule has 1 unspecified atom stereocenters. The van der Waals surface area contributed by atoms with Crippen LogP contribution < -0.4 is 0 Å². The average molecular weight is 280 g/mol. The molecule has 1 fully saturated rings. The monoisotopic (exact) mass is 280 g/mol. The third-order valence-corrected chi connectivity index (χ3v) is 3.83. The van der Waals surface area contributed by atoms with E-state index < -0.39 is 0 Å². The van der Waals surface area contributed by atoms with Gasteiger partial charge >= 0.3 is 0 Å². The number of likely N-dealkylation sites (tertiary alicyclic amines) is 1. The fourth-order valence-electron chi connectivity index (χ4n) is 2.38. The van der Waals surface area contributed by atoms with Gasteiger partial charge in [-0.2, -0.15) is 0 Å². The number of nitrogens with one attached hydrogen (secondary N) is 1. The van der Waals surface area contributed by atoms with Crippen LogP contribution in [0, 0.1) is 0 Å². The van der Waals surface area contributed by atoms with Crippen molar-refractivity contribution < 1.29 is 9.53 Å². The summed E-state index contributed by atoms with van der Waals surface area (Å²) in [6, 6.07) is 0. The lowest BCUT2D eigenvalue weighted by molar-refractivity contribution is -0.0442. The molecule has 1 N–H and O–H groups in total. The van der Waals surface area contributed by atoms with Crippen molar-refractivity contribution in [1.29, 1.82) is 0 Å². The minimum Gasteiger partial charge on any atom is -0.377 e. The Morgan fingerprint density at radius 2 is 2.15 bits per heavy atom. The molecule has 0 aliphatic carbocycles. The maximum Gasteiger partial charge on any atom is 0.293 e. The standard InChI is InChI=1S/C14H24N4O2/c1-13(2,3)12-15-10(16-17-12)11(19)18-8-6-7-14(4,9-18)20-5/h6-9H2,1-5H3,(H,15,16,17). The van der Waals surface area contributed by atoms with Crippen molar-refractivity contribution in [1.82, 2.24) is 20.1 Å². The van der Waals surface area contributed by atoms with Gasteiger partial charge in [0.1, 0.15) is 5.82 Å². The lowest BCUT2D eigenvalue weighted by atomic mass is 9.94. The molecule has 1 atom stereocenters. The molecular formula is C14H24N4O2. The molecule has 0 aromatic carbocycles. The van der Waals surface area contributed by atoms with Gasteiger partial charge in [0.05, 0.1) is 5.60 Å². The summed E-state index contributed by atoms with van der Waals surface area (Å²) in [7, 11) is 1.69. The lowest BCUT2D eigenvalue weighted by Gasteiger charge is -2.38. The first kappa shape index (κ1) is 15.0. The SMILES string of the molecule is COC1(C)CCCN(C(=O)c2n[nH]c(C(C)(C)C)n2)C1. The van der Waals surface area contributed by atoms with Crippen LogP contribution in [0.5, 0.6) is 0 Å². The van der Waals surface area contributed by atoms with Gasteiger partial charge in [-0.3, -0.25) is 9.89 Å². The minimum atomic E-state index is -0.267. The maximum atomic E-state index is 12.5. The van der Waals surface area contributed by atoms with E-state index in [1.165, 1.54) is 0 Å². The number of piperidine rings is 1. The van der Waals surface area contributed by atoms with Gasteiger partial charge in [0.15, 0.2) is 0 Å². The molecule has 20 heavy (non-hydrogen) atoms. The number of methoxy groups -OCH3 is 1.